The lowest BCUT2D eigenvalue weighted by Gasteiger charge is -2.31. The van der Waals surface area contributed by atoms with E-state index in [0.717, 1.165) is 43.0 Å². The molecule has 0 aromatic heterocycles. The predicted molar refractivity (Wildman–Crippen MR) is 94.4 cm³/mol. The Hall–Kier alpha value is -1.96. The highest BCUT2D eigenvalue weighted by Crippen LogP contribution is 2.35. The topological polar surface area (TPSA) is 52.7 Å². The Bertz CT molecular complexity index is 895. The first-order valence-corrected chi connectivity index (χ1v) is 9.82. The summed E-state index contributed by atoms with van der Waals surface area (Å²) in [4.78, 5) is 2.03. The summed E-state index contributed by atoms with van der Waals surface area (Å²) >= 11 is 0. The van der Waals surface area contributed by atoms with E-state index < -0.39 is 15.8 Å². The number of hydrogen-bond donors (Lipinski definition) is 1. The zero-order valence-electron chi connectivity index (χ0n) is 13.8. The highest BCUT2D eigenvalue weighted by molar-refractivity contribution is 7.89. The van der Waals surface area contributed by atoms with Gasteiger partial charge in [-0.05, 0) is 29.3 Å². The summed E-state index contributed by atoms with van der Waals surface area (Å²) in [5.74, 6) is -0.708. The van der Waals surface area contributed by atoms with Crippen LogP contribution in [0.4, 0.5) is 10.1 Å². The van der Waals surface area contributed by atoms with Crippen LogP contribution in [-0.2, 0) is 23.1 Å². The Morgan fingerprint density at radius 3 is 2.48 bits per heavy atom. The highest BCUT2D eigenvalue weighted by atomic mass is 32.2. The molecule has 0 aliphatic carbocycles. The fourth-order valence-electron chi connectivity index (χ4n) is 3.54. The van der Waals surface area contributed by atoms with Crippen molar-refractivity contribution in [1.29, 1.82) is 0 Å². The molecular weight excluding hydrogens is 341 g/mol. The lowest BCUT2D eigenvalue weighted by molar-refractivity contribution is 0.426. The molecule has 1 N–H and O–H groups in total. The average Bonchev–Trinajstić information content (AvgIpc) is 3.08. The minimum absolute atomic E-state index is 0.258. The van der Waals surface area contributed by atoms with E-state index in [1.807, 2.05) is 18.2 Å². The van der Waals surface area contributed by atoms with Gasteiger partial charge in [-0.3, -0.25) is 0 Å². The van der Waals surface area contributed by atoms with Gasteiger partial charge in [0.05, 0.1) is 0 Å². The molecule has 2 aliphatic heterocycles. The SMILES string of the molecule is O=S(=O)(c1ccccc1F)N1Cc2cccc(N3CCNCC3)c2C1. The van der Waals surface area contributed by atoms with Crippen LogP contribution in [0.15, 0.2) is 47.4 Å². The third kappa shape index (κ3) is 2.92. The monoisotopic (exact) mass is 361 g/mol. The molecule has 7 heteroatoms. The van der Waals surface area contributed by atoms with Crippen LogP contribution in [0.2, 0.25) is 0 Å². The minimum atomic E-state index is -3.86. The van der Waals surface area contributed by atoms with Crippen LogP contribution in [0.1, 0.15) is 11.1 Å². The third-order valence-corrected chi connectivity index (χ3v) is 6.67. The molecule has 0 spiro atoms. The number of hydrogen-bond acceptors (Lipinski definition) is 4. The van der Waals surface area contributed by atoms with E-state index in [2.05, 4.69) is 10.2 Å². The molecule has 25 heavy (non-hydrogen) atoms. The number of halogens is 1. The maximum absolute atomic E-state index is 14.0. The summed E-state index contributed by atoms with van der Waals surface area (Å²) in [6, 6.07) is 11.5. The number of anilines is 1. The van der Waals surface area contributed by atoms with Crippen molar-refractivity contribution in [2.45, 2.75) is 18.0 Å². The molecule has 0 saturated carbocycles. The van der Waals surface area contributed by atoms with Crippen molar-refractivity contribution < 1.29 is 12.8 Å². The van der Waals surface area contributed by atoms with Crippen molar-refractivity contribution in [3.63, 3.8) is 0 Å². The molecular formula is C18H20FN3O2S. The van der Waals surface area contributed by atoms with Gasteiger partial charge in [0.25, 0.3) is 0 Å². The second-order valence-electron chi connectivity index (χ2n) is 6.36. The van der Waals surface area contributed by atoms with Gasteiger partial charge in [0, 0.05) is 45.0 Å². The largest absolute Gasteiger partial charge is 0.369 e. The van der Waals surface area contributed by atoms with E-state index in [9.17, 15) is 12.8 Å². The normalized spacial score (nSPS) is 18.4. The number of nitrogens with one attached hydrogen (secondary N) is 1. The van der Waals surface area contributed by atoms with Gasteiger partial charge in [-0.25, -0.2) is 12.8 Å². The van der Waals surface area contributed by atoms with Gasteiger partial charge in [-0.1, -0.05) is 24.3 Å². The summed E-state index contributed by atoms with van der Waals surface area (Å²) < 4.78 is 41.1. The lowest BCUT2D eigenvalue weighted by Crippen LogP contribution is -2.44. The summed E-state index contributed by atoms with van der Waals surface area (Å²) in [7, 11) is -3.86. The van der Waals surface area contributed by atoms with E-state index in [0.29, 0.717) is 0 Å². The molecule has 0 amide bonds. The van der Waals surface area contributed by atoms with Crippen molar-refractivity contribution in [2.24, 2.45) is 0 Å². The summed E-state index contributed by atoms with van der Waals surface area (Å²) in [6.45, 7) is 4.20. The number of rotatable bonds is 3. The maximum atomic E-state index is 14.0. The Balaban J connectivity index is 1.66. The van der Waals surface area contributed by atoms with Crippen molar-refractivity contribution in [2.75, 3.05) is 31.1 Å². The summed E-state index contributed by atoms with van der Waals surface area (Å²) in [5, 5.41) is 3.32. The van der Waals surface area contributed by atoms with Crippen LogP contribution < -0.4 is 10.2 Å². The van der Waals surface area contributed by atoms with E-state index >= 15 is 0 Å². The quantitative estimate of drug-likeness (QED) is 0.908. The molecule has 0 radical (unpaired) electrons. The Morgan fingerprint density at radius 2 is 1.72 bits per heavy atom. The van der Waals surface area contributed by atoms with E-state index in [4.69, 9.17) is 0 Å². The van der Waals surface area contributed by atoms with Crippen LogP contribution in [0, 0.1) is 5.82 Å². The van der Waals surface area contributed by atoms with Crippen LogP contribution in [-0.4, -0.2) is 38.9 Å². The first-order chi connectivity index (χ1) is 12.1. The Kier molecular flexibility index (Phi) is 4.23. The van der Waals surface area contributed by atoms with Crippen molar-refractivity contribution >= 4 is 15.7 Å². The Morgan fingerprint density at radius 1 is 0.960 bits per heavy atom. The zero-order valence-corrected chi connectivity index (χ0v) is 14.6. The fraction of sp³-hybridized carbons (Fsp3) is 0.333. The van der Waals surface area contributed by atoms with Crippen LogP contribution >= 0.6 is 0 Å². The molecule has 5 nitrogen and oxygen atoms in total. The second-order valence-corrected chi connectivity index (χ2v) is 8.26. The van der Waals surface area contributed by atoms with Crippen LogP contribution in [0.5, 0.6) is 0 Å². The first kappa shape index (κ1) is 16.5. The van der Waals surface area contributed by atoms with Crippen molar-refractivity contribution in [1.82, 2.24) is 9.62 Å². The number of piperazine rings is 1. The fourth-order valence-corrected chi connectivity index (χ4v) is 4.99. The van der Waals surface area contributed by atoms with E-state index in [1.54, 1.807) is 6.07 Å². The maximum Gasteiger partial charge on any atom is 0.246 e. The van der Waals surface area contributed by atoms with Gasteiger partial charge >= 0.3 is 0 Å². The van der Waals surface area contributed by atoms with Crippen molar-refractivity contribution in [3.05, 3.63) is 59.4 Å². The third-order valence-electron chi connectivity index (χ3n) is 4.84. The molecule has 132 valence electrons. The lowest BCUT2D eigenvalue weighted by atomic mass is 10.1. The Labute approximate surface area is 147 Å². The van der Waals surface area contributed by atoms with Gasteiger partial charge < -0.3 is 10.2 Å². The van der Waals surface area contributed by atoms with Gasteiger partial charge in [0.15, 0.2) is 0 Å². The molecule has 1 saturated heterocycles. The predicted octanol–water partition coefficient (Wildman–Crippen LogP) is 1.94. The van der Waals surface area contributed by atoms with Gasteiger partial charge in [0.1, 0.15) is 10.7 Å². The smallest absolute Gasteiger partial charge is 0.246 e. The number of fused-ring (bicyclic) bond motifs is 1. The van der Waals surface area contributed by atoms with E-state index in [-0.39, 0.29) is 18.0 Å². The standard InChI is InChI=1S/C18H20FN3O2S/c19-16-5-1-2-7-18(16)25(23,24)22-12-14-4-3-6-17(15(14)13-22)21-10-8-20-9-11-21/h1-7,20H,8-13H2. The summed E-state index contributed by atoms with van der Waals surface area (Å²) in [5.41, 5.74) is 3.12. The molecule has 0 unspecified atom stereocenters. The molecule has 1 fully saturated rings. The molecule has 2 aromatic carbocycles. The first-order valence-electron chi connectivity index (χ1n) is 8.38. The number of nitrogens with zero attached hydrogens (tertiary/aromatic N) is 2. The average molecular weight is 361 g/mol. The van der Waals surface area contributed by atoms with Crippen LogP contribution in [0.3, 0.4) is 0 Å². The molecule has 0 bridgehead atoms. The minimum Gasteiger partial charge on any atom is -0.369 e. The number of sulfonamides is 1. The number of benzene rings is 2. The highest BCUT2D eigenvalue weighted by Gasteiger charge is 2.34. The van der Waals surface area contributed by atoms with Crippen LogP contribution in [0.25, 0.3) is 0 Å². The van der Waals surface area contributed by atoms with Gasteiger partial charge in [-0.2, -0.15) is 4.31 Å². The molecule has 0 atom stereocenters. The van der Waals surface area contributed by atoms with Gasteiger partial charge in [-0.15, -0.1) is 0 Å². The second kappa shape index (κ2) is 6.40. The molecule has 2 aliphatic rings. The molecule has 4 rings (SSSR count). The van der Waals surface area contributed by atoms with Crippen molar-refractivity contribution in [3.8, 4) is 0 Å². The zero-order chi connectivity index (χ0) is 17.4. The van der Waals surface area contributed by atoms with Gasteiger partial charge in [0.2, 0.25) is 10.0 Å². The molecule has 2 heterocycles. The summed E-state index contributed by atoms with van der Waals surface area (Å²) in [6.07, 6.45) is 0. The van der Waals surface area contributed by atoms with E-state index in [1.165, 1.54) is 22.5 Å². The molecule has 2 aromatic rings.